The van der Waals surface area contributed by atoms with Gasteiger partial charge < -0.3 is 20.1 Å². The van der Waals surface area contributed by atoms with E-state index in [1.807, 2.05) is 0 Å². The number of ether oxygens (including phenoxy) is 1. The van der Waals surface area contributed by atoms with Gasteiger partial charge in [0.05, 0.1) is 27.7 Å². The monoisotopic (exact) mass is 522 g/mol. The van der Waals surface area contributed by atoms with Crippen molar-refractivity contribution in [2.45, 2.75) is 43.8 Å². The van der Waals surface area contributed by atoms with E-state index in [2.05, 4.69) is 20.9 Å². The maximum absolute atomic E-state index is 12.7. The molecule has 1 saturated heterocycles. The van der Waals surface area contributed by atoms with Crippen molar-refractivity contribution in [2.24, 2.45) is 0 Å². The summed E-state index contributed by atoms with van der Waals surface area (Å²) in [4.78, 5) is 41.6. The number of hydrogen-bond donors (Lipinski definition) is 3. The number of rotatable bonds is 4. The van der Waals surface area contributed by atoms with Crippen LogP contribution in [0.15, 0.2) is 16.9 Å². The molecule has 4 atom stereocenters. The number of fused-ring (bicyclic) bond motifs is 1. The molecule has 0 spiro atoms. The van der Waals surface area contributed by atoms with E-state index in [4.69, 9.17) is 27.9 Å². The number of carbonyl (C=O) groups excluding carboxylic acids is 3. The van der Waals surface area contributed by atoms with Gasteiger partial charge >= 0.3 is 0 Å². The minimum Gasteiger partial charge on any atom is -0.376 e. The number of benzene rings is 1. The minimum absolute atomic E-state index is 0.0414. The topological polar surface area (TPSA) is 139 Å². The first kappa shape index (κ1) is 23.3. The summed E-state index contributed by atoms with van der Waals surface area (Å²) >= 11 is 15.3. The van der Waals surface area contributed by atoms with Gasteiger partial charge in [0.2, 0.25) is 11.2 Å². The lowest BCUT2D eigenvalue weighted by Crippen LogP contribution is -2.82. The number of imidazole rings is 1. The van der Waals surface area contributed by atoms with Crippen molar-refractivity contribution in [1.29, 1.82) is 0 Å². The Morgan fingerprint density at radius 2 is 1.67 bits per heavy atom. The first-order valence-electron chi connectivity index (χ1n) is 8.57. The van der Waals surface area contributed by atoms with Gasteiger partial charge in [0.1, 0.15) is 0 Å². The molecule has 1 aliphatic heterocycles. The molecule has 0 radical (unpaired) electrons. The first-order chi connectivity index (χ1) is 13.7. The molecule has 162 valence electrons. The van der Waals surface area contributed by atoms with Gasteiger partial charge in [-0.1, -0.05) is 23.2 Å². The zero-order valence-electron chi connectivity index (χ0n) is 15.9. The highest BCUT2D eigenvalue weighted by Gasteiger charge is 2.75. The number of aliphatic hydroxyl groups is 3. The normalized spacial score (nSPS) is 31.7. The van der Waals surface area contributed by atoms with Crippen LogP contribution < -0.4 is 0 Å². The molecule has 0 amide bonds. The van der Waals surface area contributed by atoms with Crippen molar-refractivity contribution >= 4 is 67.5 Å². The molecule has 9 nitrogen and oxygen atoms in total. The number of Topliss-reactive ketones (excluding diaryl/α,β-unsaturated/α-hetero) is 3. The van der Waals surface area contributed by atoms with Crippen molar-refractivity contribution in [3.63, 3.8) is 0 Å². The molecule has 0 saturated carbocycles. The minimum atomic E-state index is -3.22. The van der Waals surface area contributed by atoms with Gasteiger partial charge in [0, 0.05) is 0 Å². The summed E-state index contributed by atoms with van der Waals surface area (Å²) in [5.41, 5.74) is -8.63. The Morgan fingerprint density at radius 3 is 2.17 bits per heavy atom. The van der Waals surface area contributed by atoms with Crippen LogP contribution in [0.1, 0.15) is 27.0 Å². The van der Waals surface area contributed by atoms with Crippen molar-refractivity contribution < 1.29 is 34.4 Å². The van der Waals surface area contributed by atoms with E-state index in [-0.39, 0.29) is 20.3 Å². The van der Waals surface area contributed by atoms with Gasteiger partial charge in [0.25, 0.3) is 0 Å². The van der Waals surface area contributed by atoms with Gasteiger partial charge in [-0.15, -0.1) is 0 Å². The molecule has 12 heteroatoms. The summed E-state index contributed by atoms with van der Waals surface area (Å²) < 4.78 is 6.76. The van der Waals surface area contributed by atoms with E-state index in [1.165, 1.54) is 16.7 Å². The Balaban J connectivity index is 2.38. The maximum atomic E-state index is 12.7. The summed E-state index contributed by atoms with van der Waals surface area (Å²) in [5.74, 6) is -3.39. The van der Waals surface area contributed by atoms with Gasteiger partial charge in [-0.05, 0) is 48.8 Å². The van der Waals surface area contributed by atoms with E-state index < -0.39 is 47.0 Å². The van der Waals surface area contributed by atoms with Gasteiger partial charge in [-0.25, -0.2) is 4.98 Å². The fourth-order valence-corrected chi connectivity index (χ4v) is 4.69. The number of ketones is 3. The molecule has 1 fully saturated rings. The maximum Gasteiger partial charge on any atom is 0.207 e. The third-order valence-corrected chi connectivity index (χ3v) is 6.79. The number of hydrogen-bond acceptors (Lipinski definition) is 8. The predicted molar refractivity (Wildman–Crippen MR) is 109 cm³/mol. The zero-order valence-corrected chi connectivity index (χ0v) is 19.0. The van der Waals surface area contributed by atoms with Gasteiger partial charge in [0.15, 0.2) is 33.9 Å². The lowest BCUT2D eigenvalue weighted by atomic mass is 9.63. The first-order valence-corrected chi connectivity index (χ1v) is 10.1. The SMILES string of the molecule is CC(=O)[C@]1(O)[C@@](O)(C(C)=O)CO[C@@H](n2c(Br)nc3cc(Cl)c(Cl)cc32)[C@@]1(O)C(C)=O. The smallest absolute Gasteiger partial charge is 0.207 e. The van der Waals surface area contributed by atoms with Gasteiger partial charge in [-0.3, -0.25) is 19.0 Å². The van der Waals surface area contributed by atoms with E-state index >= 15 is 0 Å². The Morgan fingerprint density at radius 1 is 1.10 bits per heavy atom. The summed E-state index contributed by atoms with van der Waals surface area (Å²) in [6.45, 7) is 1.77. The molecule has 2 aromatic rings. The molecule has 3 rings (SSSR count). The summed E-state index contributed by atoms with van der Waals surface area (Å²) in [7, 11) is 0. The highest BCUT2D eigenvalue weighted by Crippen LogP contribution is 2.49. The lowest BCUT2D eigenvalue weighted by molar-refractivity contribution is -0.310. The second-order valence-corrected chi connectivity index (χ2v) is 8.70. The van der Waals surface area contributed by atoms with Crippen molar-refractivity contribution in [2.75, 3.05) is 6.61 Å². The van der Waals surface area contributed by atoms with E-state index in [0.29, 0.717) is 5.52 Å². The molecule has 0 aliphatic carbocycles. The predicted octanol–water partition coefficient (Wildman–Crippen LogP) is 1.59. The zero-order chi connectivity index (χ0) is 22.8. The average molecular weight is 524 g/mol. The van der Waals surface area contributed by atoms with Crippen LogP contribution in [0.4, 0.5) is 0 Å². The van der Waals surface area contributed by atoms with Crippen LogP contribution in [-0.4, -0.2) is 65.6 Å². The van der Waals surface area contributed by atoms with Crippen LogP contribution in [0.3, 0.4) is 0 Å². The van der Waals surface area contributed by atoms with Crippen LogP contribution in [0, 0.1) is 0 Å². The van der Waals surface area contributed by atoms with E-state index in [1.54, 1.807) is 0 Å². The van der Waals surface area contributed by atoms with Crippen molar-refractivity contribution in [3.05, 3.63) is 26.9 Å². The highest BCUT2D eigenvalue weighted by molar-refractivity contribution is 9.10. The van der Waals surface area contributed by atoms with Crippen LogP contribution in [0.5, 0.6) is 0 Å². The Hall–Kier alpha value is -1.40. The molecule has 2 heterocycles. The molecule has 3 N–H and O–H groups in total. The Labute approximate surface area is 188 Å². The number of aromatic nitrogens is 2. The van der Waals surface area contributed by atoms with Crippen LogP contribution in [0.2, 0.25) is 10.0 Å². The standard InChI is InChI=1S/C18H17BrCl2N2O7/c1-7(24)16(27)6-30-14(17(28,8(2)25)18(16,29)9(3)26)23-13-5-11(21)10(20)4-12(13)22-15(23)19/h4-5,14,27-29H,6H2,1-3H3/t14-,16+,17+,18+/m1/s1. The molecular weight excluding hydrogens is 507 g/mol. The van der Waals surface area contributed by atoms with Crippen LogP contribution in [0.25, 0.3) is 11.0 Å². The molecule has 1 aliphatic rings. The number of nitrogens with zero attached hydrogens (tertiary/aromatic N) is 2. The Kier molecular flexibility index (Phi) is 5.69. The average Bonchev–Trinajstić information content (AvgIpc) is 2.94. The van der Waals surface area contributed by atoms with Crippen molar-refractivity contribution in [1.82, 2.24) is 9.55 Å². The molecular formula is C18H17BrCl2N2O7. The summed E-state index contributed by atoms with van der Waals surface area (Å²) in [6.07, 6.45) is -1.76. The third kappa shape index (κ3) is 2.82. The molecule has 0 bridgehead atoms. The fourth-order valence-electron chi connectivity index (χ4n) is 3.81. The molecule has 30 heavy (non-hydrogen) atoms. The van der Waals surface area contributed by atoms with Crippen LogP contribution in [-0.2, 0) is 19.1 Å². The fraction of sp³-hybridized carbons (Fsp3) is 0.444. The molecule has 1 aromatic heterocycles. The highest BCUT2D eigenvalue weighted by atomic mass is 79.9. The number of carbonyl (C=O) groups is 3. The molecule has 0 unspecified atom stereocenters. The summed E-state index contributed by atoms with van der Waals surface area (Å²) in [6, 6.07) is 2.82. The van der Waals surface area contributed by atoms with Crippen molar-refractivity contribution in [3.8, 4) is 0 Å². The van der Waals surface area contributed by atoms with Gasteiger partial charge in [-0.2, -0.15) is 0 Å². The quantitative estimate of drug-likeness (QED) is 0.549. The second kappa shape index (κ2) is 7.33. The lowest BCUT2D eigenvalue weighted by Gasteiger charge is -2.55. The molecule has 1 aromatic carbocycles. The Bertz CT molecular complexity index is 1110. The van der Waals surface area contributed by atoms with E-state index in [0.717, 1.165) is 20.8 Å². The third-order valence-electron chi connectivity index (χ3n) is 5.51. The van der Waals surface area contributed by atoms with Crippen LogP contribution >= 0.6 is 39.1 Å². The largest absolute Gasteiger partial charge is 0.376 e. The van der Waals surface area contributed by atoms with E-state index in [9.17, 15) is 29.7 Å². The summed E-state index contributed by atoms with van der Waals surface area (Å²) in [5, 5.41) is 34.0. The second-order valence-electron chi connectivity index (χ2n) is 7.17. The number of halogens is 3.